The summed E-state index contributed by atoms with van der Waals surface area (Å²) in [5.74, 6) is 0. The maximum atomic E-state index is 4.65. The Hall–Kier alpha value is -1.87. The van der Waals surface area contributed by atoms with Gasteiger partial charge in [0.25, 0.3) is 0 Å². The van der Waals surface area contributed by atoms with Crippen LogP contribution in [0.3, 0.4) is 0 Å². The predicted octanol–water partition coefficient (Wildman–Crippen LogP) is 3.91. The Kier molecular flexibility index (Phi) is 2.53. The van der Waals surface area contributed by atoms with Crippen LogP contribution in [0.25, 0.3) is 16.3 Å². The minimum absolute atomic E-state index is 1.04. The van der Waals surface area contributed by atoms with Crippen molar-refractivity contribution < 1.29 is 0 Å². The van der Waals surface area contributed by atoms with Gasteiger partial charge in [-0.15, -0.1) is 11.3 Å². The quantitative estimate of drug-likeness (QED) is 0.664. The number of rotatable bonds is 2. The lowest BCUT2D eigenvalue weighted by molar-refractivity contribution is 0.851. The number of aromatic nitrogens is 2. The lowest BCUT2D eigenvalue weighted by Crippen LogP contribution is -1.97. The molecule has 0 spiro atoms. The van der Waals surface area contributed by atoms with Crippen molar-refractivity contribution in [2.24, 2.45) is 0 Å². The van der Waals surface area contributed by atoms with Crippen molar-refractivity contribution in [1.29, 1.82) is 0 Å². The topological polar surface area (TPSA) is 17.8 Å². The van der Waals surface area contributed by atoms with Gasteiger partial charge in [0.1, 0.15) is 5.69 Å². The molecule has 0 aliphatic rings. The van der Waals surface area contributed by atoms with Gasteiger partial charge in [0, 0.05) is 5.69 Å². The molecule has 0 N–H and O–H groups in total. The molecule has 0 aliphatic heterocycles. The van der Waals surface area contributed by atoms with Gasteiger partial charge in [-0.3, -0.25) is 0 Å². The molecule has 2 heterocycles. The van der Waals surface area contributed by atoms with Crippen LogP contribution >= 0.6 is 11.3 Å². The molecule has 0 saturated carbocycles. The van der Waals surface area contributed by atoms with Crippen molar-refractivity contribution in [3.05, 3.63) is 59.6 Å². The van der Waals surface area contributed by atoms with Gasteiger partial charge < -0.3 is 0 Å². The molecule has 0 saturated heterocycles. The molecule has 0 amide bonds. The van der Waals surface area contributed by atoms with Crippen LogP contribution in [0.1, 0.15) is 5.69 Å². The summed E-state index contributed by atoms with van der Waals surface area (Å²) in [5.41, 5.74) is 3.30. The standard InChI is InChI=1S/C14H12N2S/c1-11-10-13(14-8-5-9-17-14)15-16(11)12-6-3-2-4-7-12/h2-10H,1H3. The van der Waals surface area contributed by atoms with E-state index in [1.807, 2.05) is 22.9 Å². The van der Waals surface area contributed by atoms with Crippen LogP contribution in [-0.4, -0.2) is 9.78 Å². The average Bonchev–Trinajstić information content (AvgIpc) is 2.99. The number of aryl methyl sites for hydroxylation is 1. The van der Waals surface area contributed by atoms with E-state index < -0.39 is 0 Å². The van der Waals surface area contributed by atoms with Gasteiger partial charge in [-0.25, -0.2) is 4.68 Å². The monoisotopic (exact) mass is 240 g/mol. The van der Waals surface area contributed by atoms with Gasteiger partial charge >= 0.3 is 0 Å². The van der Waals surface area contributed by atoms with E-state index in [-0.39, 0.29) is 0 Å². The molecule has 3 aromatic rings. The van der Waals surface area contributed by atoms with Crippen molar-refractivity contribution in [1.82, 2.24) is 9.78 Å². The zero-order valence-corrected chi connectivity index (χ0v) is 10.3. The number of thiophene rings is 1. The first kappa shape index (κ1) is 10.3. The van der Waals surface area contributed by atoms with E-state index in [1.54, 1.807) is 11.3 Å². The number of hydrogen-bond acceptors (Lipinski definition) is 2. The molecule has 1 aromatic carbocycles. The van der Waals surface area contributed by atoms with Crippen LogP contribution in [0.4, 0.5) is 0 Å². The highest BCUT2D eigenvalue weighted by atomic mass is 32.1. The molecule has 0 bridgehead atoms. The Morgan fingerprint density at radius 3 is 2.59 bits per heavy atom. The summed E-state index contributed by atoms with van der Waals surface area (Å²) in [6, 6.07) is 16.5. The highest BCUT2D eigenvalue weighted by Gasteiger charge is 2.08. The molecule has 0 fully saturated rings. The van der Waals surface area contributed by atoms with E-state index in [0.717, 1.165) is 17.1 Å². The van der Waals surface area contributed by atoms with Crippen LogP contribution in [0.5, 0.6) is 0 Å². The fraction of sp³-hybridized carbons (Fsp3) is 0.0714. The first-order valence-electron chi connectivity index (χ1n) is 5.50. The van der Waals surface area contributed by atoms with E-state index in [4.69, 9.17) is 0 Å². The van der Waals surface area contributed by atoms with Crippen molar-refractivity contribution in [2.75, 3.05) is 0 Å². The average molecular weight is 240 g/mol. The summed E-state index contributed by atoms with van der Waals surface area (Å²) < 4.78 is 1.98. The summed E-state index contributed by atoms with van der Waals surface area (Å²) in [4.78, 5) is 1.21. The number of benzene rings is 1. The summed E-state index contributed by atoms with van der Waals surface area (Å²) in [6.45, 7) is 2.08. The summed E-state index contributed by atoms with van der Waals surface area (Å²) in [5, 5.41) is 6.73. The normalized spacial score (nSPS) is 10.6. The Balaban J connectivity index is 2.08. The molecule has 0 atom stereocenters. The van der Waals surface area contributed by atoms with Crippen LogP contribution in [0.2, 0.25) is 0 Å². The minimum atomic E-state index is 1.04. The SMILES string of the molecule is Cc1cc(-c2cccs2)nn1-c1ccccc1. The first-order valence-corrected chi connectivity index (χ1v) is 6.38. The van der Waals surface area contributed by atoms with Crippen molar-refractivity contribution in [3.8, 4) is 16.3 Å². The van der Waals surface area contributed by atoms with Gasteiger partial charge in [-0.1, -0.05) is 24.3 Å². The van der Waals surface area contributed by atoms with Crippen molar-refractivity contribution in [3.63, 3.8) is 0 Å². The minimum Gasteiger partial charge on any atom is -0.237 e. The van der Waals surface area contributed by atoms with Crippen LogP contribution in [0.15, 0.2) is 53.9 Å². The second-order valence-corrected chi connectivity index (χ2v) is 4.84. The second kappa shape index (κ2) is 4.18. The van der Waals surface area contributed by atoms with Gasteiger partial charge in [0.05, 0.1) is 10.6 Å². The van der Waals surface area contributed by atoms with Crippen molar-refractivity contribution in [2.45, 2.75) is 6.92 Å². The molecular formula is C14H12N2S. The Morgan fingerprint density at radius 1 is 1.06 bits per heavy atom. The molecular weight excluding hydrogens is 228 g/mol. The van der Waals surface area contributed by atoms with Gasteiger partial charge in [0.15, 0.2) is 0 Å². The lowest BCUT2D eigenvalue weighted by atomic mass is 10.3. The lowest BCUT2D eigenvalue weighted by Gasteiger charge is -2.02. The molecule has 0 unspecified atom stereocenters. The van der Waals surface area contributed by atoms with Crippen LogP contribution in [-0.2, 0) is 0 Å². The molecule has 2 aromatic heterocycles. The second-order valence-electron chi connectivity index (χ2n) is 3.90. The third-order valence-electron chi connectivity index (χ3n) is 2.66. The van der Waals surface area contributed by atoms with Gasteiger partial charge in [-0.2, -0.15) is 5.10 Å². The van der Waals surface area contributed by atoms with E-state index >= 15 is 0 Å². The Morgan fingerprint density at radius 2 is 1.88 bits per heavy atom. The summed E-state index contributed by atoms with van der Waals surface area (Å²) in [7, 11) is 0. The first-order chi connectivity index (χ1) is 8.34. The fourth-order valence-corrected chi connectivity index (χ4v) is 2.53. The molecule has 0 aliphatic carbocycles. The largest absolute Gasteiger partial charge is 0.237 e. The molecule has 2 nitrogen and oxygen atoms in total. The molecule has 0 radical (unpaired) electrons. The smallest absolute Gasteiger partial charge is 0.103 e. The fourth-order valence-electron chi connectivity index (χ4n) is 1.85. The highest BCUT2D eigenvalue weighted by molar-refractivity contribution is 7.13. The third kappa shape index (κ3) is 1.89. The molecule has 3 rings (SSSR count). The van der Waals surface area contributed by atoms with Crippen LogP contribution < -0.4 is 0 Å². The van der Waals surface area contributed by atoms with Gasteiger partial charge in [-0.05, 0) is 36.6 Å². The summed E-state index contributed by atoms with van der Waals surface area (Å²) in [6.07, 6.45) is 0. The zero-order chi connectivity index (χ0) is 11.7. The number of hydrogen-bond donors (Lipinski definition) is 0. The zero-order valence-electron chi connectivity index (χ0n) is 9.50. The van der Waals surface area contributed by atoms with E-state index in [2.05, 4.69) is 47.7 Å². The Bertz CT molecular complexity index is 609. The van der Waals surface area contributed by atoms with Crippen LogP contribution in [0, 0.1) is 6.92 Å². The summed E-state index contributed by atoms with van der Waals surface area (Å²) >= 11 is 1.72. The van der Waals surface area contributed by atoms with E-state index in [0.29, 0.717) is 0 Å². The number of para-hydroxylation sites is 1. The molecule has 3 heteroatoms. The predicted molar refractivity (Wildman–Crippen MR) is 71.6 cm³/mol. The maximum absolute atomic E-state index is 4.65. The highest BCUT2D eigenvalue weighted by Crippen LogP contribution is 2.25. The van der Waals surface area contributed by atoms with Gasteiger partial charge in [0.2, 0.25) is 0 Å². The Labute approximate surface area is 104 Å². The van der Waals surface area contributed by atoms with Crippen molar-refractivity contribution >= 4 is 11.3 Å². The third-order valence-corrected chi connectivity index (χ3v) is 3.55. The maximum Gasteiger partial charge on any atom is 0.103 e. The van der Waals surface area contributed by atoms with E-state index in [1.165, 1.54) is 4.88 Å². The van der Waals surface area contributed by atoms with E-state index in [9.17, 15) is 0 Å². The molecule has 17 heavy (non-hydrogen) atoms. The molecule has 84 valence electrons. The number of nitrogens with zero attached hydrogens (tertiary/aromatic N) is 2.